The van der Waals surface area contributed by atoms with Crippen LogP contribution in [0.3, 0.4) is 0 Å². The molecule has 12 aromatic carbocycles. The molecule has 96 heavy (non-hydrogen) atoms. The lowest BCUT2D eigenvalue weighted by Gasteiger charge is -2.14. The number of H-pyrrole nitrogens is 2. The van der Waals surface area contributed by atoms with Gasteiger partial charge in [-0.3, -0.25) is 0 Å². The molecule has 0 saturated carbocycles. The van der Waals surface area contributed by atoms with Crippen molar-refractivity contribution in [3.63, 3.8) is 0 Å². The van der Waals surface area contributed by atoms with Crippen LogP contribution in [0.1, 0.15) is 0 Å². The Morgan fingerprint density at radius 3 is 0.740 bits per heavy atom. The van der Waals surface area contributed by atoms with E-state index in [2.05, 4.69) is 301 Å². The van der Waals surface area contributed by atoms with E-state index >= 15 is 0 Å². The number of hydrogen-bond acceptors (Lipinski definition) is 14. The number of nitrogens with zero attached hydrogens (tertiary/aromatic N) is 6. The van der Waals surface area contributed by atoms with Crippen molar-refractivity contribution in [3.8, 4) is 45.6 Å². The molecule has 15 aromatic rings. The minimum Gasteiger partial charge on any atom is -0.324 e. The predicted molar refractivity (Wildman–Crippen MR) is 401 cm³/mol. The summed E-state index contributed by atoms with van der Waals surface area (Å²) in [5.74, 6) is 2.07. The topological polar surface area (TPSA) is 109 Å². The summed E-state index contributed by atoms with van der Waals surface area (Å²) in [5.41, 5.74) is 5.86. The number of rotatable bonds is 16. The minimum absolute atomic E-state index is 0.516. The molecule has 0 amide bonds. The van der Waals surface area contributed by atoms with Crippen LogP contribution in [0.15, 0.2) is 370 Å². The molecular weight excluding hydrogens is 1330 g/mol. The van der Waals surface area contributed by atoms with Crippen LogP contribution in [0.25, 0.3) is 89.7 Å². The van der Waals surface area contributed by atoms with Crippen LogP contribution in [0.5, 0.6) is 0 Å². The molecule has 0 fully saturated rings. The van der Waals surface area contributed by atoms with E-state index in [0.717, 1.165) is 122 Å². The first-order valence-corrected chi connectivity index (χ1v) is 37.4. The van der Waals surface area contributed by atoms with Gasteiger partial charge in [0.25, 0.3) is 0 Å². The highest BCUT2D eigenvalue weighted by Crippen LogP contribution is 2.52. The van der Waals surface area contributed by atoms with Gasteiger partial charge in [0.15, 0.2) is 23.3 Å². The van der Waals surface area contributed by atoms with E-state index in [0.29, 0.717) is 45.9 Å². The third-order valence-electron chi connectivity index (χ3n) is 15.9. The van der Waals surface area contributed by atoms with Crippen LogP contribution in [-0.4, -0.2) is 39.9 Å². The normalized spacial score (nSPS) is 11.7. The molecule has 0 unspecified atom stereocenters. The summed E-state index contributed by atoms with van der Waals surface area (Å²) in [6, 6.07) is 102. The maximum absolute atomic E-state index is 5.80. The number of fused-ring (bicyclic) bond motifs is 20. The second-order valence-electron chi connectivity index (χ2n) is 22.3. The Kier molecular flexibility index (Phi) is 17.1. The predicted octanol–water partition coefficient (Wildman–Crippen LogP) is 24.1. The van der Waals surface area contributed by atoms with Gasteiger partial charge in [0.05, 0.1) is 0 Å². The molecule has 0 saturated heterocycles. The van der Waals surface area contributed by atoms with Gasteiger partial charge >= 0.3 is 0 Å². The second kappa shape index (κ2) is 27.1. The molecule has 5 heterocycles. The van der Waals surface area contributed by atoms with Gasteiger partial charge in [0.2, 0.25) is 0 Å². The standard InChI is InChI=1S/C80H50N8S8/c1-9-25-49(26-10-1)89-64-42-41-57-71(72(64)96-56-39-23-8-24-40-56)80-87-73(57)81-74-58-43-65(90-50-27-11-2-12-28-50)66(91-51-29-13-3-14-30-51)44-59(58)75(82-74)83-76-60-45-67(92-52-31-15-4-16-32-52)68(93-53-33-17-5-18-34-53)46-61(60)77(84-76)85-78-62-47-69(94-54-35-19-6-20-36-54)70(48-63(62)79(86-78)88-80)95-55-37-21-7-22-38-55/h1-48H,(H2,81,82,83,84,85,86,87,88). The largest absolute Gasteiger partial charge is 0.324 e. The third kappa shape index (κ3) is 12.8. The van der Waals surface area contributed by atoms with Gasteiger partial charge in [-0.15, -0.1) is 0 Å². The van der Waals surface area contributed by atoms with E-state index < -0.39 is 0 Å². The fourth-order valence-electron chi connectivity index (χ4n) is 11.4. The zero-order valence-electron chi connectivity index (χ0n) is 50.7. The smallest absolute Gasteiger partial charge is 0.165 e. The van der Waals surface area contributed by atoms with Crippen molar-refractivity contribution in [2.45, 2.75) is 78.3 Å². The molecule has 16 heteroatoms. The number of aromatic amines is 2. The zero-order valence-corrected chi connectivity index (χ0v) is 57.2. The van der Waals surface area contributed by atoms with Gasteiger partial charge in [0.1, 0.15) is 22.6 Å². The Balaban J connectivity index is 0.997. The first-order valence-electron chi connectivity index (χ1n) is 30.9. The van der Waals surface area contributed by atoms with Gasteiger partial charge in [-0.25, -0.2) is 29.9 Å². The molecule has 0 radical (unpaired) electrons. The van der Waals surface area contributed by atoms with E-state index in [4.69, 9.17) is 29.9 Å². The van der Waals surface area contributed by atoms with E-state index in [1.54, 1.807) is 94.1 Å². The van der Waals surface area contributed by atoms with Crippen molar-refractivity contribution in [2.75, 3.05) is 0 Å². The highest BCUT2D eigenvalue weighted by molar-refractivity contribution is 8.03. The number of benzene rings is 12. The Morgan fingerprint density at radius 1 is 0.198 bits per heavy atom. The van der Waals surface area contributed by atoms with Crippen molar-refractivity contribution in [3.05, 3.63) is 291 Å². The van der Waals surface area contributed by atoms with Gasteiger partial charge in [-0.2, -0.15) is 0 Å². The molecule has 2 aliphatic heterocycles. The summed E-state index contributed by atoms with van der Waals surface area (Å²) in [5, 5.41) is 3.53. The van der Waals surface area contributed by atoms with Crippen molar-refractivity contribution < 1.29 is 0 Å². The van der Waals surface area contributed by atoms with Gasteiger partial charge in [0, 0.05) is 122 Å². The molecule has 458 valence electrons. The monoisotopic (exact) mass is 1380 g/mol. The Hall–Kier alpha value is -9.20. The first kappa shape index (κ1) is 60.5. The highest BCUT2D eigenvalue weighted by Gasteiger charge is 2.29. The van der Waals surface area contributed by atoms with Gasteiger partial charge < -0.3 is 9.97 Å². The highest BCUT2D eigenvalue weighted by atomic mass is 32.2. The molecular formula is C80H50N8S8. The van der Waals surface area contributed by atoms with Crippen LogP contribution >= 0.6 is 94.1 Å². The van der Waals surface area contributed by atoms with E-state index in [1.807, 2.05) is 0 Å². The molecule has 17 rings (SSSR count). The summed E-state index contributed by atoms with van der Waals surface area (Å²) >= 11 is 13.8. The summed E-state index contributed by atoms with van der Waals surface area (Å²) in [6.07, 6.45) is 0. The lowest BCUT2D eigenvalue weighted by atomic mass is 10.1. The van der Waals surface area contributed by atoms with Crippen molar-refractivity contribution in [2.24, 2.45) is 0 Å². The third-order valence-corrected chi connectivity index (χ3v) is 25.0. The Bertz CT molecular complexity index is 5450. The number of nitrogens with one attached hydrogen (secondary N) is 2. The Labute approximate surface area is 588 Å². The average molecular weight is 1380 g/mol. The molecule has 2 N–H and O–H groups in total. The van der Waals surface area contributed by atoms with Gasteiger partial charge in [-0.05, 0) is 146 Å². The van der Waals surface area contributed by atoms with Crippen molar-refractivity contribution >= 4 is 138 Å². The lowest BCUT2D eigenvalue weighted by Crippen LogP contribution is -1.90. The van der Waals surface area contributed by atoms with Crippen LogP contribution in [0.2, 0.25) is 0 Å². The van der Waals surface area contributed by atoms with E-state index in [9.17, 15) is 0 Å². The van der Waals surface area contributed by atoms with Crippen LogP contribution in [0.4, 0.5) is 0 Å². The van der Waals surface area contributed by atoms with Crippen LogP contribution in [-0.2, 0) is 0 Å². The summed E-state index contributed by atoms with van der Waals surface area (Å²) < 4.78 is 0. The molecule has 8 nitrogen and oxygen atoms in total. The minimum atomic E-state index is 0.516. The SMILES string of the molecule is c1ccc(Sc2cc3c(cc2Sc2ccccc2)-c2nc-3nc3[nH]c(nc4nc(nc5[nH]c(n2)c2cc(Sc6ccccc6)c(Sc6ccccc6)cc52)-c2c-4ccc(Sc4ccccc4)c2Sc2ccccc2)c2cc(Sc4ccccc4)c(Sc4ccccc4)cc32)cc1. The van der Waals surface area contributed by atoms with Crippen LogP contribution < -0.4 is 0 Å². The maximum Gasteiger partial charge on any atom is 0.165 e. The molecule has 3 aromatic heterocycles. The quantitative estimate of drug-likeness (QED) is 0.0958. The molecule has 0 spiro atoms. The maximum atomic E-state index is 5.80. The summed E-state index contributed by atoms with van der Waals surface area (Å²) in [7, 11) is 0. The lowest BCUT2D eigenvalue weighted by molar-refractivity contribution is 1.18. The molecule has 0 aliphatic carbocycles. The van der Waals surface area contributed by atoms with Crippen molar-refractivity contribution in [1.82, 2.24) is 39.9 Å². The van der Waals surface area contributed by atoms with Gasteiger partial charge in [-0.1, -0.05) is 240 Å². The second-order valence-corrected chi connectivity index (χ2v) is 31.2. The van der Waals surface area contributed by atoms with Crippen molar-refractivity contribution in [1.29, 1.82) is 0 Å². The molecule has 0 atom stereocenters. The molecule has 8 bridgehead atoms. The Morgan fingerprint density at radius 2 is 0.438 bits per heavy atom. The average Bonchev–Trinajstić information content (AvgIpc) is 1.60. The summed E-state index contributed by atoms with van der Waals surface area (Å²) in [4.78, 5) is 59.3. The van der Waals surface area contributed by atoms with E-state index in [1.165, 1.54) is 0 Å². The molecule has 2 aliphatic rings. The first-order chi connectivity index (χ1) is 47.5. The number of aromatic nitrogens is 8. The van der Waals surface area contributed by atoms with E-state index in [-0.39, 0.29) is 0 Å². The number of hydrogen-bond donors (Lipinski definition) is 2. The van der Waals surface area contributed by atoms with Crippen LogP contribution in [0, 0.1) is 0 Å². The summed E-state index contributed by atoms with van der Waals surface area (Å²) in [6.45, 7) is 0. The zero-order chi connectivity index (χ0) is 63.7. The fourth-order valence-corrected chi connectivity index (χ4v) is 19.6. The fraction of sp³-hybridized carbons (Fsp3) is 0.